The Morgan fingerprint density at radius 3 is 1.25 bits per heavy atom. The maximum atomic E-state index is 14.0. The van der Waals surface area contributed by atoms with Crippen molar-refractivity contribution < 1.29 is 111 Å². The topological polar surface area (TPSA) is 729 Å². The molecular formula is C66H93N21O23. The first-order valence-electron chi connectivity index (χ1n) is 33.8. The molecule has 600 valence electrons. The number of rotatable bonds is 47. The highest BCUT2D eigenvalue weighted by Crippen LogP contribution is 2.14. The van der Waals surface area contributed by atoms with E-state index in [1.807, 2.05) is 0 Å². The third-order valence-corrected chi connectivity index (χ3v) is 15.8. The fourth-order valence-electron chi connectivity index (χ4n) is 9.81. The summed E-state index contributed by atoms with van der Waals surface area (Å²) in [7, 11) is 0. The number of carboxylic acids is 2. The van der Waals surface area contributed by atoms with Crippen LogP contribution >= 0.6 is 0 Å². The van der Waals surface area contributed by atoms with Gasteiger partial charge in [0.05, 0.1) is 51.1 Å². The number of benzene rings is 2. The number of aliphatic carboxylic acids is 2. The maximum Gasteiger partial charge on any atom is 0.326 e. The zero-order valence-electron chi connectivity index (χ0n) is 60.6. The van der Waals surface area contributed by atoms with Crippen LogP contribution in [-0.2, 0) is 115 Å². The van der Waals surface area contributed by atoms with E-state index in [4.69, 9.17) is 28.7 Å². The van der Waals surface area contributed by atoms with Crippen LogP contribution in [-0.4, -0.2) is 235 Å². The van der Waals surface area contributed by atoms with Crippen molar-refractivity contribution in [3.63, 3.8) is 0 Å². The summed E-state index contributed by atoms with van der Waals surface area (Å²) in [4.78, 5) is 266. The van der Waals surface area contributed by atoms with Gasteiger partial charge in [-0.15, -0.1) is 0 Å². The molecule has 2 aromatic carbocycles. The van der Waals surface area contributed by atoms with E-state index >= 15 is 0 Å². The van der Waals surface area contributed by atoms with Crippen LogP contribution in [0.4, 0.5) is 0 Å². The Morgan fingerprint density at radius 2 is 0.791 bits per heavy atom. The molecule has 1 heterocycles. The van der Waals surface area contributed by atoms with Gasteiger partial charge in [-0.3, -0.25) is 91.1 Å². The molecule has 0 saturated carbocycles. The number of amides is 18. The fraction of sp³-hybridized carbons (Fsp3) is 0.470. The highest BCUT2D eigenvalue weighted by Gasteiger charge is 2.37. The van der Waals surface area contributed by atoms with E-state index in [0.29, 0.717) is 11.1 Å². The first kappa shape index (κ1) is 91.0. The molecule has 3 rings (SSSR count). The number of nitrogens with one attached hydrogen (secondary N) is 15. The summed E-state index contributed by atoms with van der Waals surface area (Å²) in [5.41, 5.74) is 27.9. The molecule has 28 N–H and O–H groups in total. The second-order valence-corrected chi connectivity index (χ2v) is 25.5. The molecule has 0 fully saturated rings. The van der Waals surface area contributed by atoms with Gasteiger partial charge in [0.2, 0.25) is 106 Å². The number of carbonyl (C=O) groups excluding carboxylic acids is 18. The van der Waals surface area contributed by atoms with Crippen LogP contribution in [0.2, 0.25) is 0 Å². The van der Waals surface area contributed by atoms with Crippen LogP contribution in [0.3, 0.4) is 0 Å². The summed E-state index contributed by atoms with van der Waals surface area (Å²) in [5, 5.41) is 61.0. The standard InChI is InChI=1S/C66H93N21O23/c1-29(2)53(65(108)85-40(18-34-10-8-7-9-11-34)63(106)86-45(66(109)110)23-49(71)92)87-57(100)33(6)79-60(103)43(22-48(70)91)84-64(107)41(20-36-25-72-28-75-36)80-51(94)27-73-50(93)26-74-54(97)30(3)76-55(98)31(4)77-59(102)42(21-47(69)90)83-62(105)39(19-35-12-14-37(88)15-13-35)81-56(99)32(5)78-61(104)44(24-52(95)96)82-58(101)38(67)16-17-46(68)89/h7-15,25,28-33,38-45,53,88H,16-24,26-27,67H2,1-6H3,(H2,68,89)(H2,69,90)(H2,70,91)(H2,71,92)(H,72,75)(H,73,93)(H,74,97)(H,76,98)(H,77,102)(H,78,104)(H,79,103)(H,80,94)(H,81,99)(H,82,101)(H,83,105)(H,84,107)(H,85,108)(H,86,106)(H,87,100)(H,95,96)(H,109,110)/t30-,31-,32-,33-,38-,39-,40-,41-,42-,43-,44-,45-,53-/m0/s1. The van der Waals surface area contributed by atoms with Gasteiger partial charge < -0.3 is 123 Å². The van der Waals surface area contributed by atoms with Gasteiger partial charge in [0.25, 0.3) is 0 Å². The zero-order valence-corrected chi connectivity index (χ0v) is 60.6. The molecule has 0 bridgehead atoms. The van der Waals surface area contributed by atoms with E-state index in [0.717, 1.165) is 13.8 Å². The van der Waals surface area contributed by atoms with Crippen LogP contribution in [0.5, 0.6) is 5.75 Å². The average Bonchev–Trinajstić information content (AvgIpc) is 0.885. The number of nitrogens with zero attached hydrogens (tertiary/aromatic N) is 1. The van der Waals surface area contributed by atoms with Crippen LogP contribution in [0.25, 0.3) is 0 Å². The molecule has 0 aliphatic carbocycles. The minimum atomic E-state index is -1.86. The van der Waals surface area contributed by atoms with Gasteiger partial charge in [0.1, 0.15) is 78.3 Å². The number of carbonyl (C=O) groups is 20. The molecule has 44 nitrogen and oxygen atoms in total. The molecule has 0 unspecified atom stereocenters. The van der Waals surface area contributed by atoms with Gasteiger partial charge in [-0.1, -0.05) is 56.3 Å². The summed E-state index contributed by atoms with van der Waals surface area (Å²) < 4.78 is 0. The Bertz CT molecular complexity index is 3840. The van der Waals surface area contributed by atoms with E-state index in [2.05, 4.69) is 84.4 Å². The molecule has 3 aromatic rings. The third kappa shape index (κ3) is 33.1. The summed E-state index contributed by atoms with van der Waals surface area (Å²) in [6, 6.07) is -7.55. The van der Waals surface area contributed by atoms with E-state index < -0.39 is 242 Å². The van der Waals surface area contributed by atoms with Gasteiger partial charge in [-0.25, -0.2) is 9.78 Å². The number of hydrogen-bond donors (Lipinski definition) is 23. The molecular weight excluding hydrogens is 1450 g/mol. The minimum absolute atomic E-state index is 0.186. The number of carboxylic acid groups (broad SMARTS) is 2. The number of aromatic nitrogens is 2. The molecule has 0 spiro atoms. The Hall–Kier alpha value is -13.2. The number of aromatic amines is 1. The van der Waals surface area contributed by atoms with Crippen molar-refractivity contribution in [2.24, 2.45) is 34.6 Å². The number of imidazole rings is 1. The first-order valence-corrected chi connectivity index (χ1v) is 33.8. The van der Waals surface area contributed by atoms with E-state index in [1.54, 1.807) is 30.3 Å². The fourth-order valence-corrected chi connectivity index (χ4v) is 9.81. The van der Waals surface area contributed by atoms with Gasteiger partial charge in [-0.05, 0) is 63.3 Å². The van der Waals surface area contributed by atoms with Crippen LogP contribution in [0, 0.1) is 5.92 Å². The number of phenols is 1. The Balaban J connectivity index is 1.64. The Labute approximate surface area is 627 Å². The lowest BCUT2D eigenvalue weighted by Crippen LogP contribution is -2.60. The number of nitrogens with two attached hydrogens (primary N) is 5. The number of H-pyrrole nitrogens is 1. The lowest BCUT2D eigenvalue weighted by atomic mass is 10.00. The number of phenolic OH excluding ortho intramolecular Hbond substituents is 1. The van der Waals surface area contributed by atoms with Crippen molar-refractivity contribution in [2.75, 3.05) is 13.1 Å². The van der Waals surface area contributed by atoms with E-state index in [9.17, 15) is 111 Å². The molecule has 13 atom stereocenters. The third-order valence-electron chi connectivity index (χ3n) is 15.8. The average molecular weight is 1550 g/mol. The van der Waals surface area contributed by atoms with Gasteiger partial charge in [0, 0.05) is 37.6 Å². The van der Waals surface area contributed by atoms with Crippen LogP contribution in [0.15, 0.2) is 67.1 Å². The SMILES string of the molecule is CC(C)[C@H](NC(=O)[C@H](C)NC(=O)[C@H](CC(N)=O)NC(=O)[C@H](Cc1cnc[nH]1)NC(=O)CNC(=O)CNC(=O)[C@H](C)NC(=O)[C@H](C)NC(=O)[C@H](CC(N)=O)NC(=O)[C@H](Cc1ccc(O)cc1)NC(=O)[C@H](C)NC(=O)[C@H](CC(=O)O)NC(=O)[C@@H](N)CCC(N)=O)C(=O)N[C@@H](Cc1ccccc1)C(=O)N[C@@H](CC(N)=O)C(=O)O. The van der Waals surface area contributed by atoms with Gasteiger partial charge in [0.15, 0.2) is 0 Å². The largest absolute Gasteiger partial charge is 0.508 e. The van der Waals surface area contributed by atoms with Gasteiger partial charge >= 0.3 is 11.9 Å². The second-order valence-electron chi connectivity index (χ2n) is 25.5. The highest BCUT2D eigenvalue weighted by molar-refractivity contribution is 6.01. The zero-order chi connectivity index (χ0) is 82.8. The van der Waals surface area contributed by atoms with Crippen molar-refractivity contribution in [2.45, 2.75) is 178 Å². The van der Waals surface area contributed by atoms with E-state index in [-0.39, 0.29) is 43.5 Å². The molecule has 110 heavy (non-hydrogen) atoms. The summed E-state index contributed by atoms with van der Waals surface area (Å²) in [6.07, 6.45) is -2.54. The minimum Gasteiger partial charge on any atom is -0.508 e. The van der Waals surface area contributed by atoms with Gasteiger partial charge in [-0.2, -0.15) is 0 Å². The molecule has 44 heteroatoms. The normalized spacial score (nSPS) is 14.4. The predicted octanol–water partition coefficient (Wildman–Crippen LogP) is -10.3. The lowest BCUT2D eigenvalue weighted by Gasteiger charge is -2.28. The highest BCUT2D eigenvalue weighted by atomic mass is 16.4. The summed E-state index contributed by atoms with van der Waals surface area (Å²) in [5.74, 6) is -23.1. The molecule has 0 radical (unpaired) electrons. The Morgan fingerprint density at radius 1 is 0.400 bits per heavy atom. The first-order chi connectivity index (χ1) is 51.5. The van der Waals surface area contributed by atoms with Crippen LogP contribution < -0.4 is 103 Å². The maximum absolute atomic E-state index is 14.0. The molecule has 0 saturated heterocycles. The van der Waals surface area contributed by atoms with Crippen molar-refractivity contribution in [1.82, 2.24) is 84.4 Å². The summed E-state index contributed by atoms with van der Waals surface area (Å²) >= 11 is 0. The van der Waals surface area contributed by atoms with Crippen molar-refractivity contribution in [1.29, 1.82) is 0 Å². The number of aromatic hydroxyl groups is 1. The molecule has 1 aromatic heterocycles. The molecule has 0 aliphatic heterocycles. The number of hydrogen-bond acceptors (Lipinski definition) is 23. The van der Waals surface area contributed by atoms with E-state index in [1.165, 1.54) is 64.5 Å². The molecule has 18 amide bonds. The van der Waals surface area contributed by atoms with Crippen molar-refractivity contribution in [3.8, 4) is 5.75 Å². The predicted molar refractivity (Wildman–Crippen MR) is 379 cm³/mol. The quantitative estimate of drug-likeness (QED) is 0.0250. The van der Waals surface area contributed by atoms with Crippen LogP contribution in [0.1, 0.15) is 96.9 Å². The van der Waals surface area contributed by atoms with Crippen molar-refractivity contribution in [3.05, 3.63) is 83.9 Å². The second kappa shape index (κ2) is 44.7. The molecule has 0 aliphatic rings. The summed E-state index contributed by atoms with van der Waals surface area (Å²) in [6.45, 7) is 5.97. The van der Waals surface area contributed by atoms with Crippen molar-refractivity contribution >= 4 is 118 Å². The lowest BCUT2D eigenvalue weighted by molar-refractivity contribution is -0.144. The Kier molecular flexibility index (Phi) is 37.0. The monoisotopic (exact) mass is 1550 g/mol. The smallest absolute Gasteiger partial charge is 0.326 e. The number of primary amides is 4.